The zero-order valence-electron chi connectivity index (χ0n) is 9.75. The van der Waals surface area contributed by atoms with Crippen molar-refractivity contribution >= 4 is 16.7 Å². The molecule has 3 heteroatoms. The summed E-state index contributed by atoms with van der Waals surface area (Å²) in [5.74, 6) is 1.85. The van der Waals surface area contributed by atoms with Crippen LogP contribution in [0.3, 0.4) is 0 Å². The first-order valence-electron chi connectivity index (χ1n) is 5.95. The Morgan fingerprint density at radius 1 is 1.44 bits per heavy atom. The summed E-state index contributed by atoms with van der Waals surface area (Å²) in [5, 5.41) is 3.56. The normalized spacial score (nSPS) is 17.6. The van der Waals surface area contributed by atoms with Crippen molar-refractivity contribution in [2.75, 3.05) is 5.32 Å². The molecule has 0 aliphatic heterocycles. The predicted molar refractivity (Wildman–Crippen MR) is 66.6 cm³/mol. The first-order chi connectivity index (χ1) is 7.72. The Bertz CT molecular complexity index is 511. The second kappa shape index (κ2) is 3.51. The zero-order valence-corrected chi connectivity index (χ0v) is 9.75. The van der Waals surface area contributed by atoms with Crippen LogP contribution in [0.5, 0.6) is 0 Å². The standard InChI is InChI=1S/C13H17N3/c1-8(10-3-4-10)14-11-5-6-12-13(7-11)16-9(2)15-12/h5-8,10,14H,3-4H2,1-2H3,(H,15,16). The minimum Gasteiger partial charge on any atom is -0.382 e. The zero-order chi connectivity index (χ0) is 11.1. The van der Waals surface area contributed by atoms with E-state index in [1.54, 1.807) is 0 Å². The number of H-pyrrole nitrogens is 1. The summed E-state index contributed by atoms with van der Waals surface area (Å²) in [4.78, 5) is 7.66. The monoisotopic (exact) mass is 215 g/mol. The smallest absolute Gasteiger partial charge is 0.104 e. The van der Waals surface area contributed by atoms with Gasteiger partial charge in [-0.05, 0) is 50.8 Å². The second-order valence-corrected chi connectivity index (χ2v) is 4.82. The number of aromatic nitrogens is 2. The Hall–Kier alpha value is -1.51. The average molecular weight is 215 g/mol. The highest BCUT2D eigenvalue weighted by atomic mass is 14.9. The highest BCUT2D eigenvalue weighted by Crippen LogP contribution is 2.34. The summed E-state index contributed by atoms with van der Waals surface area (Å²) in [6.07, 6.45) is 2.75. The van der Waals surface area contributed by atoms with E-state index in [1.807, 2.05) is 6.92 Å². The van der Waals surface area contributed by atoms with Crippen LogP contribution in [0.4, 0.5) is 5.69 Å². The molecular formula is C13H17N3. The number of nitrogens with zero attached hydrogens (tertiary/aromatic N) is 1. The Kier molecular flexibility index (Phi) is 2.13. The average Bonchev–Trinajstić information content (AvgIpc) is 3.01. The van der Waals surface area contributed by atoms with Crippen molar-refractivity contribution in [3.8, 4) is 0 Å². The Labute approximate surface area is 95.3 Å². The minimum atomic E-state index is 0.585. The maximum absolute atomic E-state index is 4.40. The number of nitrogens with one attached hydrogen (secondary N) is 2. The van der Waals surface area contributed by atoms with Gasteiger partial charge in [0.2, 0.25) is 0 Å². The van der Waals surface area contributed by atoms with Gasteiger partial charge >= 0.3 is 0 Å². The largest absolute Gasteiger partial charge is 0.382 e. The Morgan fingerprint density at radius 3 is 3.00 bits per heavy atom. The molecule has 1 unspecified atom stereocenters. The van der Waals surface area contributed by atoms with Gasteiger partial charge in [-0.3, -0.25) is 0 Å². The molecule has 2 aromatic rings. The van der Waals surface area contributed by atoms with Crippen LogP contribution < -0.4 is 5.32 Å². The fourth-order valence-corrected chi connectivity index (χ4v) is 2.20. The molecule has 1 fully saturated rings. The van der Waals surface area contributed by atoms with E-state index < -0.39 is 0 Å². The third-order valence-electron chi connectivity index (χ3n) is 3.32. The molecule has 16 heavy (non-hydrogen) atoms. The molecule has 1 aromatic carbocycles. The molecule has 0 radical (unpaired) electrons. The Morgan fingerprint density at radius 2 is 2.25 bits per heavy atom. The third-order valence-corrected chi connectivity index (χ3v) is 3.32. The van der Waals surface area contributed by atoms with E-state index in [-0.39, 0.29) is 0 Å². The van der Waals surface area contributed by atoms with Crippen molar-refractivity contribution in [1.82, 2.24) is 9.97 Å². The van der Waals surface area contributed by atoms with Crippen molar-refractivity contribution in [2.24, 2.45) is 5.92 Å². The topological polar surface area (TPSA) is 40.7 Å². The van der Waals surface area contributed by atoms with E-state index >= 15 is 0 Å². The number of imidazole rings is 1. The fourth-order valence-electron chi connectivity index (χ4n) is 2.20. The van der Waals surface area contributed by atoms with Crippen LogP contribution in [0.2, 0.25) is 0 Å². The Balaban J connectivity index is 1.86. The fraction of sp³-hybridized carbons (Fsp3) is 0.462. The van der Waals surface area contributed by atoms with Crippen molar-refractivity contribution in [2.45, 2.75) is 32.7 Å². The van der Waals surface area contributed by atoms with E-state index in [0.29, 0.717) is 6.04 Å². The molecule has 3 rings (SSSR count). The molecule has 3 nitrogen and oxygen atoms in total. The molecule has 2 N–H and O–H groups in total. The number of aryl methyl sites for hydroxylation is 1. The number of fused-ring (bicyclic) bond motifs is 1. The van der Waals surface area contributed by atoms with E-state index in [2.05, 4.69) is 40.4 Å². The molecule has 1 aliphatic rings. The number of aromatic amines is 1. The quantitative estimate of drug-likeness (QED) is 0.826. The maximum Gasteiger partial charge on any atom is 0.104 e. The van der Waals surface area contributed by atoms with Crippen LogP contribution >= 0.6 is 0 Å². The number of hydrogen-bond acceptors (Lipinski definition) is 2. The van der Waals surface area contributed by atoms with Crippen LogP contribution in [0.1, 0.15) is 25.6 Å². The minimum absolute atomic E-state index is 0.585. The second-order valence-electron chi connectivity index (χ2n) is 4.82. The van der Waals surface area contributed by atoms with Crippen molar-refractivity contribution in [1.29, 1.82) is 0 Å². The van der Waals surface area contributed by atoms with E-state index in [4.69, 9.17) is 0 Å². The van der Waals surface area contributed by atoms with Crippen molar-refractivity contribution < 1.29 is 0 Å². The van der Waals surface area contributed by atoms with Crippen LogP contribution in [0.15, 0.2) is 18.2 Å². The molecule has 0 amide bonds. The lowest BCUT2D eigenvalue weighted by Crippen LogP contribution is -2.16. The molecule has 1 aromatic heterocycles. The molecule has 0 bridgehead atoms. The van der Waals surface area contributed by atoms with Crippen molar-refractivity contribution in [3.05, 3.63) is 24.0 Å². The SMILES string of the molecule is Cc1nc2ccc(NC(C)C3CC3)cc2[nH]1. The summed E-state index contributed by atoms with van der Waals surface area (Å²) in [6.45, 7) is 4.25. The van der Waals surface area contributed by atoms with Gasteiger partial charge in [-0.2, -0.15) is 0 Å². The first kappa shape index (κ1) is 9.70. The number of hydrogen-bond donors (Lipinski definition) is 2. The van der Waals surface area contributed by atoms with E-state index in [0.717, 1.165) is 22.8 Å². The lowest BCUT2D eigenvalue weighted by atomic mass is 10.2. The summed E-state index contributed by atoms with van der Waals surface area (Å²) >= 11 is 0. The highest BCUT2D eigenvalue weighted by molar-refractivity contribution is 5.79. The van der Waals surface area contributed by atoms with E-state index in [9.17, 15) is 0 Å². The lowest BCUT2D eigenvalue weighted by molar-refractivity contribution is 0.694. The van der Waals surface area contributed by atoms with Crippen LogP contribution in [-0.2, 0) is 0 Å². The summed E-state index contributed by atoms with van der Waals surface area (Å²) in [7, 11) is 0. The summed E-state index contributed by atoms with van der Waals surface area (Å²) in [5.41, 5.74) is 3.35. The maximum atomic E-state index is 4.40. The van der Waals surface area contributed by atoms with Crippen LogP contribution in [0, 0.1) is 12.8 Å². The molecule has 1 saturated carbocycles. The van der Waals surface area contributed by atoms with Gasteiger partial charge in [0.1, 0.15) is 5.82 Å². The van der Waals surface area contributed by atoms with Gasteiger partial charge in [0.05, 0.1) is 11.0 Å². The third kappa shape index (κ3) is 1.77. The summed E-state index contributed by atoms with van der Waals surface area (Å²) in [6, 6.07) is 6.91. The first-order valence-corrected chi connectivity index (χ1v) is 5.95. The van der Waals surface area contributed by atoms with E-state index in [1.165, 1.54) is 18.5 Å². The van der Waals surface area contributed by atoms with Gasteiger partial charge in [-0.15, -0.1) is 0 Å². The molecule has 0 spiro atoms. The molecule has 0 saturated heterocycles. The van der Waals surface area contributed by atoms with Gasteiger partial charge < -0.3 is 10.3 Å². The van der Waals surface area contributed by atoms with Gasteiger partial charge in [-0.25, -0.2) is 4.98 Å². The van der Waals surface area contributed by atoms with Crippen LogP contribution in [0.25, 0.3) is 11.0 Å². The lowest BCUT2D eigenvalue weighted by Gasteiger charge is -2.13. The molecule has 1 heterocycles. The molecule has 1 atom stereocenters. The van der Waals surface area contributed by atoms with Gasteiger partial charge in [-0.1, -0.05) is 0 Å². The molecule has 1 aliphatic carbocycles. The predicted octanol–water partition coefficient (Wildman–Crippen LogP) is 3.08. The summed E-state index contributed by atoms with van der Waals surface area (Å²) < 4.78 is 0. The van der Waals surface area contributed by atoms with Crippen LogP contribution in [-0.4, -0.2) is 16.0 Å². The van der Waals surface area contributed by atoms with Gasteiger partial charge in [0.15, 0.2) is 0 Å². The van der Waals surface area contributed by atoms with Gasteiger partial charge in [0.25, 0.3) is 0 Å². The molecular weight excluding hydrogens is 198 g/mol. The molecule has 84 valence electrons. The van der Waals surface area contributed by atoms with Crippen molar-refractivity contribution in [3.63, 3.8) is 0 Å². The highest BCUT2D eigenvalue weighted by Gasteiger charge is 2.27. The number of anilines is 1. The van der Waals surface area contributed by atoms with Gasteiger partial charge in [0, 0.05) is 11.7 Å². The number of rotatable bonds is 3. The number of benzene rings is 1.